The smallest absolute Gasteiger partial charge is 0.252 e. The molecule has 6 heteroatoms. The molecule has 1 aliphatic rings. The molecule has 2 aromatic rings. The van der Waals surface area contributed by atoms with E-state index < -0.39 is 10.0 Å². The fraction of sp³-hybridized carbons (Fsp3) is 0.375. The summed E-state index contributed by atoms with van der Waals surface area (Å²) in [7, 11) is -3.34. The number of hydrogen-bond acceptors (Lipinski definition) is 4. The highest BCUT2D eigenvalue weighted by molar-refractivity contribution is 7.91. The predicted octanol–water partition coefficient (Wildman–Crippen LogP) is 3.29. The second-order valence-corrected chi connectivity index (χ2v) is 8.85. The van der Waals surface area contributed by atoms with Crippen LogP contribution in [0.5, 0.6) is 5.75 Å². The van der Waals surface area contributed by atoms with E-state index in [1.165, 1.54) is 11.3 Å². The van der Waals surface area contributed by atoms with Crippen molar-refractivity contribution in [2.24, 2.45) is 0 Å². The van der Waals surface area contributed by atoms with E-state index in [0.717, 1.165) is 23.5 Å². The summed E-state index contributed by atoms with van der Waals surface area (Å²) >= 11 is 1.33. The highest BCUT2D eigenvalue weighted by atomic mass is 32.2. The molecule has 0 saturated carbocycles. The minimum atomic E-state index is -3.34. The molecular weight excluding hydrogens is 318 g/mol. The van der Waals surface area contributed by atoms with Crippen molar-refractivity contribution in [1.29, 1.82) is 0 Å². The summed E-state index contributed by atoms with van der Waals surface area (Å²) in [6.07, 6.45) is 1.52. The Morgan fingerprint density at radius 3 is 2.36 bits per heavy atom. The Balaban J connectivity index is 1.62. The molecule has 0 N–H and O–H groups in total. The minimum Gasteiger partial charge on any atom is -0.490 e. The summed E-state index contributed by atoms with van der Waals surface area (Å²) < 4.78 is 33.0. The summed E-state index contributed by atoms with van der Waals surface area (Å²) in [6.45, 7) is 2.94. The van der Waals surface area contributed by atoms with Gasteiger partial charge < -0.3 is 4.74 Å². The van der Waals surface area contributed by atoms with Gasteiger partial charge in [-0.3, -0.25) is 0 Å². The van der Waals surface area contributed by atoms with Gasteiger partial charge in [-0.15, -0.1) is 11.3 Å². The zero-order valence-corrected chi connectivity index (χ0v) is 14.1. The van der Waals surface area contributed by atoms with Crippen molar-refractivity contribution < 1.29 is 13.2 Å². The Hall–Kier alpha value is -1.37. The Bertz CT molecular complexity index is 717. The summed E-state index contributed by atoms with van der Waals surface area (Å²) in [5.41, 5.74) is 0. The third-order valence-corrected chi connectivity index (χ3v) is 7.12. The van der Waals surface area contributed by atoms with E-state index in [4.69, 9.17) is 4.74 Å². The molecule has 1 aliphatic heterocycles. The Kier molecular flexibility index (Phi) is 4.52. The molecule has 1 fully saturated rings. The molecule has 0 atom stereocenters. The molecule has 22 heavy (non-hydrogen) atoms. The van der Waals surface area contributed by atoms with Gasteiger partial charge in [0.2, 0.25) is 0 Å². The fourth-order valence-electron chi connectivity index (χ4n) is 2.56. The molecule has 1 aromatic carbocycles. The average molecular weight is 337 g/mol. The summed E-state index contributed by atoms with van der Waals surface area (Å²) in [5.74, 6) is 0.845. The first-order chi connectivity index (χ1) is 10.6. The lowest BCUT2D eigenvalue weighted by Gasteiger charge is -2.31. The van der Waals surface area contributed by atoms with Crippen molar-refractivity contribution in [3.8, 4) is 5.75 Å². The van der Waals surface area contributed by atoms with Gasteiger partial charge in [-0.25, -0.2) is 8.42 Å². The van der Waals surface area contributed by atoms with Crippen LogP contribution in [0.25, 0.3) is 0 Å². The van der Waals surface area contributed by atoms with E-state index in [9.17, 15) is 8.42 Å². The van der Waals surface area contributed by atoms with Gasteiger partial charge in [0.25, 0.3) is 10.0 Å². The number of aryl methyl sites for hydroxylation is 1. The molecule has 1 saturated heterocycles. The number of nitrogens with zero attached hydrogens (tertiary/aromatic N) is 1. The number of sulfonamides is 1. The van der Waals surface area contributed by atoms with E-state index in [0.29, 0.717) is 17.3 Å². The van der Waals surface area contributed by atoms with Gasteiger partial charge in [-0.05, 0) is 44.0 Å². The number of piperidine rings is 1. The number of ether oxygens (including phenoxy) is 1. The van der Waals surface area contributed by atoms with Gasteiger partial charge in [0.15, 0.2) is 0 Å². The molecule has 0 unspecified atom stereocenters. The van der Waals surface area contributed by atoms with Gasteiger partial charge in [0.05, 0.1) is 0 Å². The van der Waals surface area contributed by atoms with Gasteiger partial charge in [-0.1, -0.05) is 18.2 Å². The highest BCUT2D eigenvalue weighted by Crippen LogP contribution is 2.27. The number of rotatable bonds is 4. The van der Waals surface area contributed by atoms with Gasteiger partial charge >= 0.3 is 0 Å². The van der Waals surface area contributed by atoms with Crippen LogP contribution in [-0.4, -0.2) is 31.9 Å². The zero-order chi connectivity index (χ0) is 15.6. The van der Waals surface area contributed by atoms with Crippen LogP contribution in [0, 0.1) is 6.92 Å². The lowest BCUT2D eigenvalue weighted by Crippen LogP contribution is -2.41. The summed E-state index contributed by atoms with van der Waals surface area (Å²) in [5, 5.41) is 0. The topological polar surface area (TPSA) is 46.6 Å². The molecule has 118 valence electrons. The van der Waals surface area contributed by atoms with Gasteiger partial charge in [-0.2, -0.15) is 4.31 Å². The lowest BCUT2D eigenvalue weighted by atomic mass is 10.1. The van der Waals surface area contributed by atoms with E-state index in [-0.39, 0.29) is 6.10 Å². The maximum atomic E-state index is 12.6. The monoisotopic (exact) mass is 337 g/mol. The first-order valence-corrected chi connectivity index (χ1v) is 9.59. The predicted molar refractivity (Wildman–Crippen MR) is 87.9 cm³/mol. The molecule has 2 heterocycles. The Labute approximate surface area is 135 Å². The van der Waals surface area contributed by atoms with Crippen molar-refractivity contribution in [3.05, 3.63) is 47.3 Å². The largest absolute Gasteiger partial charge is 0.490 e. The van der Waals surface area contributed by atoms with Crippen molar-refractivity contribution >= 4 is 21.4 Å². The molecule has 4 nitrogen and oxygen atoms in total. The second kappa shape index (κ2) is 6.40. The second-order valence-electron chi connectivity index (χ2n) is 5.40. The van der Waals surface area contributed by atoms with Crippen LogP contribution >= 0.6 is 11.3 Å². The Morgan fingerprint density at radius 2 is 1.77 bits per heavy atom. The third-order valence-electron chi connectivity index (χ3n) is 3.76. The molecule has 0 radical (unpaired) electrons. The molecule has 0 amide bonds. The number of benzene rings is 1. The first kappa shape index (κ1) is 15.5. The average Bonchev–Trinajstić information content (AvgIpc) is 2.96. The normalized spacial score (nSPS) is 17.5. The lowest BCUT2D eigenvalue weighted by molar-refractivity contribution is 0.135. The SMILES string of the molecule is Cc1ccc(S(=O)(=O)N2CCC(Oc3ccccc3)CC2)s1. The maximum Gasteiger partial charge on any atom is 0.252 e. The minimum absolute atomic E-state index is 0.0823. The van der Waals surface area contributed by atoms with Gasteiger partial charge in [0.1, 0.15) is 16.1 Å². The van der Waals surface area contributed by atoms with Crippen LogP contribution in [0.2, 0.25) is 0 Å². The summed E-state index contributed by atoms with van der Waals surface area (Å²) in [6, 6.07) is 13.2. The van der Waals surface area contributed by atoms with Crippen molar-refractivity contribution in [3.63, 3.8) is 0 Å². The van der Waals surface area contributed by atoms with Crippen molar-refractivity contribution in [2.45, 2.75) is 30.1 Å². The molecule has 0 spiro atoms. The quantitative estimate of drug-likeness (QED) is 0.860. The van der Waals surface area contributed by atoms with Crippen LogP contribution in [0.15, 0.2) is 46.7 Å². The molecule has 0 bridgehead atoms. The highest BCUT2D eigenvalue weighted by Gasteiger charge is 2.30. The van der Waals surface area contributed by atoms with Crippen LogP contribution in [0.3, 0.4) is 0 Å². The Morgan fingerprint density at radius 1 is 1.09 bits per heavy atom. The van der Waals surface area contributed by atoms with E-state index in [1.807, 2.05) is 43.3 Å². The number of para-hydroxylation sites is 1. The van der Waals surface area contributed by atoms with Crippen molar-refractivity contribution in [1.82, 2.24) is 4.31 Å². The first-order valence-electron chi connectivity index (χ1n) is 7.34. The number of thiophene rings is 1. The van der Waals surface area contributed by atoms with Crippen LogP contribution in [0.1, 0.15) is 17.7 Å². The van der Waals surface area contributed by atoms with E-state index in [2.05, 4.69) is 0 Å². The summed E-state index contributed by atoms with van der Waals surface area (Å²) in [4.78, 5) is 1.01. The van der Waals surface area contributed by atoms with E-state index >= 15 is 0 Å². The van der Waals surface area contributed by atoms with Gasteiger partial charge in [0, 0.05) is 18.0 Å². The molecule has 3 rings (SSSR count). The zero-order valence-electron chi connectivity index (χ0n) is 12.4. The molecule has 0 aliphatic carbocycles. The van der Waals surface area contributed by atoms with Crippen LogP contribution in [0.4, 0.5) is 0 Å². The van der Waals surface area contributed by atoms with E-state index in [1.54, 1.807) is 10.4 Å². The van der Waals surface area contributed by atoms with Crippen LogP contribution in [-0.2, 0) is 10.0 Å². The number of hydrogen-bond donors (Lipinski definition) is 0. The third kappa shape index (κ3) is 3.34. The molecular formula is C16H19NO3S2. The standard InChI is InChI=1S/C16H19NO3S2/c1-13-7-8-16(21-13)22(18,19)17-11-9-15(10-12-17)20-14-5-3-2-4-6-14/h2-8,15H,9-12H2,1H3. The van der Waals surface area contributed by atoms with Crippen LogP contribution < -0.4 is 4.74 Å². The molecule has 1 aromatic heterocycles. The fourth-order valence-corrected chi connectivity index (χ4v) is 5.47. The van der Waals surface area contributed by atoms with Crippen molar-refractivity contribution in [2.75, 3.05) is 13.1 Å². The maximum absolute atomic E-state index is 12.6.